The van der Waals surface area contributed by atoms with Gasteiger partial charge in [0.15, 0.2) is 0 Å². The first-order valence-corrected chi connectivity index (χ1v) is 26.4. The van der Waals surface area contributed by atoms with Crippen LogP contribution in [0.2, 0.25) is 0 Å². The van der Waals surface area contributed by atoms with E-state index in [0.29, 0.717) is 0 Å². The number of rotatable bonds is 0. The molecule has 1 spiro atoms. The molecule has 9 heterocycles. The van der Waals surface area contributed by atoms with Gasteiger partial charge in [-0.3, -0.25) is 0 Å². The monoisotopic (exact) mass is 1030 g/mol. The summed E-state index contributed by atoms with van der Waals surface area (Å²) in [7, 11) is -32.0. The van der Waals surface area contributed by atoms with Crippen molar-refractivity contribution < 1.29 is 87.4 Å². The van der Waals surface area contributed by atoms with Gasteiger partial charge in [-0.25, -0.2) is 0 Å². The molecule has 28 heteroatoms. The zero-order valence-electron chi connectivity index (χ0n) is 31.0. The van der Waals surface area contributed by atoms with Gasteiger partial charge in [0.05, 0.1) is 0 Å². The van der Waals surface area contributed by atoms with E-state index in [2.05, 4.69) is 170 Å². The van der Waals surface area contributed by atoms with E-state index in [1.807, 2.05) is 0 Å². The molecule has 0 bridgehead atoms. The molecular formula is C36H24CoF18N6P3-3. The Morgan fingerprint density at radius 1 is 0.250 bits per heavy atom. The van der Waals surface area contributed by atoms with E-state index in [0.717, 1.165) is 0 Å². The predicted octanol–water partition coefficient (Wildman–Crippen LogP) is 12.7. The van der Waals surface area contributed by atoms with E-state index in [1.54, 1.807) is 0 Å². The number of anilines is 6. The van der Waals surface area contributed by atoms with Gasteiger partial charge in [-0.05, 0) is 0 Å². The van der Waals surface area contributed by atoms with E-state index in [-0.39, 0.29) is 0 Å². The van der Waals surface area contributed by atoms with E-state index < -0.39 is 35.3 Å². The molecule has 64 heavy (non-hydrogen) atoms. The molecule has 0 saturated heterocycles. The van der Waals surface area contributed by atoms with Gasteiger partial charge in [-0.1, -0.05) is 0 Å². The van der Waals surface area contributed by atoms with Gasteiger partial charge in [-0.2, -0.15) is 0 Å². The van der Waals surface area contributed by atoms with Crippen molar-refractivity contribution >= 4 is 94.0 Å². The van der Waals surface area contributed by atoms with Gasteiger partial charge < -0.3 is 0 Å². The molecule has 0 N–H and O–H groups in total. The molecule has 0 aliphatic carbocycles. The molecule has 12 rings (SSSR count). The SMILES string of the molecule is C1=C[N]2c3c4c(ccc3=C1)=CC=C[N]4[Co]213([N]2C=CC=c4ccc5c(c42)[N]1C=CC=5)[N]1C=CC=c2ccc4c(c21)[N]3C=CC=4.F[P-](F)(F)(F)(F)F.F[P-](F)(F)(F)(F)F.F[P-](F)(F)(F)(F)F. The first-order valence-electron chi connectivity index (χ1n) is 17.5. The van der Waals surface area contributed by atoms with Crippen molar-refractivity contribution in [3.63, 3.8) is 0 Å². The van der Waals surface area contributed by atoms with Crippen LogP contribution in [0.5, 0.6) is 0 Å². The van der Waals surface area contributed by atoms with E-state index in [4.69, 9.17) is 0 Å². The summed E-state index contributed by atoms with van der Waals surface area (Å²) in [6, 6.07) is 13.7. The van der Waals surface area contributed by atoms with Gasteiger partial charge in [0.1, 0.15) is 0 Å². The first kappa shape index (κ1) is 43.9. The first-order chi connectivity index (χ1) is 28.6. The summed E-state index contributed by atoms with van der Waals surface area (Å²) in [4.78, 5) is 0. The van der Waals surface area contributed by atoms with Crippen LogP contribution in [0.1, 0.15) is 0 Å². The van der Waals surface area contributed by atoms with Crippen LogP contribution in [-0.4, -0.2) is 0 Å². The number of benzene rings is 3. The second-order valence-electron chi connectivity index (χ2n) is 14.5. The number of allylic oxidation sites excluding steroid dienone is 6. The average molecular weight is 1030 g/mol. The van der Waals surface area contributed by atoms with Crippen LogP contribution in [-0.2, 0) is 11.8 Å². The quantitative estimate of drug-likeness (QED) is 0.164. The summed E-state index contributed by atoms with van der Waals surface area (Å²) in [6.45, 7) is 0. The Balaban J connectivity index is 0.000000208. The fourth-order valence-electron chi connectivity index (χ4n) is 8.51. The third-order valence-corrected chi connectivity index (χ3v) is 19.0. The molecular weight excluding hydrogens is 1010 g/mol. The molecule has 9 aliphatic rings. The third kappa shape index (κ3) is 6.40. The van der Waals surface area contributed by atoms with Crippen LogP contribution >= 0.6 is 23.4 Å². The van der Waals surface area contributed by atoms with Crippen LogP contribution < -0.4 is 55.0 Å². The second kappa shape index (κ2) is 10.5. The van der Waals surface area contributed by atoms with Crippen molar-refractivity contribution in [3.05, 3.63) is 141 Å². The molecule has 351 valence electrons. The van der Waals surface area contributed by atoms with Crippen molar-refractivity contribution in [2.75, 3.05) is 23.7 Å². The van der Waals surface area contributed by atoms with Gasteiger partial charge in [0.25, 0.3) is 0 Å². The number of nitrogens with zero attached hydrogens (tertiary/aromatic N) is 6. The molecule has 0 atom stereocenters. The van der Waals surface area contributed by atoms with Crippen LogP contribution in [0.25, 0.3) is 36.5 Å². The van der Waals surface area contributed by atoms with Gasteiger partial charge in [-0.15, -0.1) is 0 Å². The Morgan fingerprint density at radius 3 is 0.500 bits per heavy atom. The molecule has 6 nitrogen and oxygen atoms in total. The molecule has 0 unspecified atom stereocenters. The Hall–Kier alpha value is -5.34. The molecule has 0 aromatic heterocycles. The zero-order valence-corrected chi connectivity index (χ0v) is 34.7. The summed E-state index contributed by atoms with van der Waals surface area (Å²) in [6.07, 6.45) is 41.0. The van der Waals surface area contributed by atoms with Crippen molar-refractivity contribution in [1.29, 1.82) is 0 Å². The summed E-state index contributed by atoms with van der Waals surface area (Å²) in [5.74, 6) is 0. The van der Waals surface area contributed by atoms with E-state index in [9.17, 15) is 75.5 Å². The topological polar surface area (TPSA) is 19.4 Å². The maximum atomic E-state index is 9.87. The number of hydrogen-bond donors (Lipinski definition) is 0. The van der Waals surface area contributed by atoms with Crippen LogP contribution in [0.15, 0.2) is 110 Å². The normalized spacial score (nSPS) is 24.1. The Kier molecular flexibility index (Phi) is 7.21. The van der Waals surface area contributed by atoms with Crippen molar-refractivity contribution in [2.24, 2.45) is 0 Å². The molecule has 0 fully saturated rings. The fraction of sp³-hybridized carbons (Fsp3) is 0. The van der Waals surface area contributed by atoms with Gasteiger partial charge in [0, 0.05) is 0 Å². The Bertz CT molecular complexity index is 2780. The maximum absolute atomic E-state index is 10.7. The number of halogens is 18. The summed E-state index contributed by atoms with van der Waals surface area (Å²) >= 11 is -5.04. The molecule has 9 aliphatic heterocycles. The molecule has 3 aromatic carbocycles. The van der Waals surface area contributed by atoms with E-state index in [1.165, 1.54) is 65.4 Å². The molecule has 3 aromatic rings. The minimum atomic E-state index is -10.7. The third-order valence-electron chi connectivity index (χ3n) is 9.93. The van der Waals surface area contributed by atoms with Gasteiger partial charge >= 0.3 is 346 Å². The second-order valence-corrected chi connectivity index (χ2v) is 26.4. The van der Waals surface area contributed by atoms with E-state index >= 15 is 0 Å². The summed E-state index contributed by atoms with van der Waals surface area (Å²) in [5.41, 5.74) is 7.41. The zero-order chi connectivity index (χ0) is 47.0. The summed E-state index contributed by atoms with van der Waals surface area (Å²) in [5, 5.41) is 7.33. The molecule has 0 amide bonds. The van der Waals surface area contributed by atoms with Gasteiger partial charge in [0.2, 0.25) is 0 Å². The fourth-order valence-corrected chi connectivity index (χ4v) is 19.3. The summed E-state index contributed by atoms with van der Waals surface area (Å²) < 4.78 is 194. The van der Waals surface area contributed by atoms with Crippen LogP contribution in [0.4, 0.5) is 110 Å². The Morgan fingerprint density at radius 2 is 0.375 bits per heavy atom. The van der Waals surface area contributed by atoms with Crippen LogP contribution in [0, 0.1) is 0 Å². The number of hydrogen-bond acceptors (Lipinski definition) is 6. The standard InChI is InChI=1S/3C12H8N2.Co.3F6P/c3*1-3-9-5-6-10-4-2-8-14-12(10)11(9)13-7-1;;3*1-7(2,3,4,5)6/h3*1-8H;;;;/q3*-2;+6;3*-1. The van der Waals surface area contributed by atoms with Crippen molar-refractivity contribution in [1.82, 2.24) is 0 Å². The molecule has 0 saturated carbocycles. The molecule has 0 radical (unpaired) electrons. The Labute approximate surface area is 345 Å². The minimum absolute atomic E-state index is 1.22. The van der Waals surface area contributed by atoms with Crippen molar-refractivity contribution in [3.8, 4) is 0 Å². The average Bonchev–Trinajstić information content (AvgIpc) is 3.65. The van der Waals surface area contributed by atoms with Crippen molar-refractivity contribution in [2.45, 2.75) is 0 Å². The van der Waals surface area contributed by atoms with Crippen LogP contribution in [0.3, 0.4) is 0 Å². The predicted molar refractivity (Wildman–Crippen MR) is 214 cm³/mol.